The maximum absolute atomic E-state index is 11.6. The molecule has 0 bridgehead atoms. The maximum atomic E-state index is 11.6. The highest BCUT2D eigenvalue weighted by Gasteiger charge is 2.21. The van der Waals surface area contributed by atoms with E-state index in [4.69, 9.17) is 10.2 Å². The quantitative estimate of drug-likeness (QED) is 0.587. The lowest BCUT2D eigenvalue weighted by atomic mass is 10.3. The highest BCUT2D eigenvalue weighted by molar-refractivity contribution is 5.82. The van der Waals surface area contributed by atoms with Gasteiger partial charge in [-0.25, -0.2) is 9.59 Å². The molecule has 0 aromatic heterocycles. The van der Waals surface area contributed by atoms with Crippen LogP contribution in [0.2, 0.25) is 0 Å². The molecule has 0 heterocycles. The van der Waals surface area contributed by atoms with Crippen LogP contribution in [-0.2, 0) is 4.79 Å². The fourth-order valence-corrected chi connectivity index (χ4v) is 1.18. The van der Waals surface area contributed by atoms with Crippen molar-refractivity contribution in [3.8, 4) is 0 Å². The van der Waals surface area contributed by atoms with Crippen molar-refractivity contribution in [1.29, 1.82) is 0 Å². The van der Waals surface area contributed by atoms with Crippen molar-refractivity contribution in [3.63, 3.8) is 0 Å². The largest absolute Gasteiger partial charge is 0.480 e. The lowest BCUT2D eigenvalue weighted by molar-refractivity contribution is -0.140. The first-order valence-corrected chi connectivity index (χ1v) is 5.45. The summed E-state index contributed by atoms with van der Waals surface area (Å²) in [4.78, 5) is 23.7. The van der Waals surface area contributed by atoms with Gasteiger partial charge < -0.3 is 20.4 Å². The number of aliphatic hydroxyl groups is 1. The van der Waals surface area contributed by atoms with Gasteiger partial charge in [-0.05, 0) is 13.3 Å². The molecule has 2 amide bonds. The zero-order chi connectivity index (χ0) is 12.6. The summed E-state index contributed by atoms with van der Waals surface area (Å²) >= 11 is 0. The SMILES string of the molecule is CCCCN(CC)C(=O)NC(CO)C(=O)O. The molecule has 1 atom stereocenters. The van der Waals surface area contributed by atoms with E-state index < -0.39 is 24.6 Å². The van der Waals surface area contributed by atoms with E-state index in [1.54, 1.807) is 0 Å². The standard InChI is InChI=1S/C10H20N2O4/c1-3-5-6-12(4-2)10(16)11-8(7-13)9(14)15/h8,13H,3-7H2,1-2H3,(H,11,16)(H,14,15). The molecule has 0 radical (unpaired) electrons. The van der Waals surface area contributed by atoms with Gasteiger partial charge in [-0.3, -0.25) is 0 Å². The van der Waals surface area contributed by atoms with Crippen molar-refractivity contribution in [3.05, 3.63) is 0 Å². The second-order valence-corrected chi connectivity index (χ2v) is 3.46. The third-order valence-electron chi connectivity index (χ3n) is 2.23. The summed E-state index contributed by atoms with van der Waals surface area (Å²) in [5.74, 6) is -1.23. The number of urea groups is 1. The van der Waals surface area contributed by atoms with E-state index in [2.05, 4.69) is 5.32 Å². The van der Waals surface area contributed by atoms with E-state index in [1.165, 1.54) is 4.90 Å². The molecule has 6 heteroatoms. The second kappa shape index (κ2) is 7.92. The molecule has 1 unspecified atom stereocenters. The molecule has 0 spiro atoms. The van der Waals surface area contributed by atoms with Crippen molar-refractivity contribution in [2.45, 2.75) is 32.7 Å². The van der Waals surface area contributed by atoms with Gasteiger partial charge >= 0.3 is 12.0 Å². The molecular formula is C10H20N2O4. The van der Waals surface area contributed by atoms with Gasteiger partial charge in [0.15, 0.2) is 6.04 Å². The van der Waals surface area contributed by atoms with E-state index >= 15 is 0 Å². The van der Waals surface area contributed by atoms with E-state index in [9.17, 15) is 9.59 Å². The number of hydrogen-bond donors (Lipinski definition) is 3. The lowest BCUT2D eigenvalue weighted by Gasteiger charge is -2.23. The fourth-order valence-electron chi connectivity index (χ4n) is 1.18. The minimum absolute atomic E-state index is 0.447. The highest BCUT2D eigenvalue weighted by atomic mass is 16.4. The summed E-state index contributed by atoms with van der Waals surface area (Å²) in [6.07, 6.45) is 1.84. The minimum Gasteiger partial charge on any atom is -0.480 e. The number of carboxylic acids is 1. The monoisotopic (exact) mass is 232 g/mol. The summed E-state index contributed by atoms with van der Waals surface area (Å²) in [5, 5.41) is 19.7. The zero-order valence-corrected chi connectivity index (χ0v) is 9.77. The van der Waals surface area contributed by atoms with Crippen molar-refractivity contribution < 1.29 is 19.8 Å². The predicted octanol–water partition coefficient (Wildman–Crippen LogP) is 0.263. The Morgan fingerprint density at radius 3 is 2.38 bits per heavy atom. The number of carbonyl (C=O) groups excluding carboxylic acids is 1. The van der Waals surface area contributed by atoms with Gasteiger partial charge in [0.1, 0.15) is 0 Å². The summed E-state index contributed by atoms with van der Waals surface area (Å²) in [7, 11) is 0. The Morgan fingerprint density at radius 2 is 2.00 bits per heavy atom. The van der Waals surface area contributed by atoms with Gasteiger partial charge in [-0.2, -0.15) is 0 Å². The zero-order valence-electron chi connectivity index (χ0n) is 9.77. The normalized spacial score (nSPS) is 11.9. The number of aliphatic carboxylic acids is 1. The van der Waals surface area contributed by atoms with Gasteiger partial charge in [-0.1, -0.05) is 13.3 Å². The molecule has 0 rings (SSSR count). The first kappa shape index (κ1) is 14.7. The Balaban J connectivity index is 4.23. The molecule has 6 nitrogen and oxygen atoms in total. The smallest absolute Gasteiger partial charge is 0.328 e. The van der Waals surface area contributed by atoms with Gasteiger partial charge in [0.25, 0.3) is 0 Å². The molecule has 94 valence electrons. The molecule has 0 aromatic rings. The van der Waals surface area contributed by atoms with Crippen LogP contribution < -0.4 is 5.32 Å². The molecule has 0 aromatic carbocycles. The second-order valence-electron chi connectivity index (χ2n) is 3.46. The third kappa shape index (κ3) is 4.97. The Morgan fingerprint density at radius 1 is 1.38 bits per heavy atom. The van der Waals surface area contributed by atoms with Gasteiger partial charge in [-0.15, -0.1) is 0 Å². The van der Waals surface area contributed by atoms with Crippen LogP contribution in [0.3, 0.4) is 0 Å². The first-order valence-electron chi connectivity index (χ1n) is 5.45. The van der Waals surface area contributed by atoms with Crippen LogP contribution in [0.15, 0.2) is 0 Å². The fraction of sp³-hybridized carbons (Fsp3) is 0.800. The molecule has 0 aliphatic rings. The number of rotatable bonds is 7. The Hall–Kier alpha value is -1.30. The first-order chi connectivity index (χ1) is 7.56. The number of hydrogen-bond acceptors (Lipinski definition) is 3. The van der Waals surface area contributed by atoms with Crippen LogP contribution in [0.25, 0.3) is 0 Å². The molecule has 0 saturated heterocycles. The minimum atomic E-state index is -1.23. The van der Waals surface area contributed by atoms with Crippen LogP contribution in [0.4, 0.5) is 4.79 Å². The number of unbranched alkanes of at least 4 members (excludes halogenated alkanes) is 1. The topological polar surface area (TPSA) is 89.9 Å². The molecule has 0 aliphatic carbocycles. The van der Waals surface area contributed by atoms with Gasteiger partial charge in [0, 0.05) is 13.1 Å². The summed E-state index contributed by atoms with van der Waals surface area (Å²) in [6, 6.07) is -1.68. The van der Waals surface area contributed by atoms with Crippen molar-refractivity contribution >= 4 is 12.0 Å². The number of nitrogens with zero attached hydrogens (tertiary/aromatic N) is 1. The van der Waals surface area contributed by atoms with Crippen LogP contribution in [0.5, 0.6) is 0 Å². The molecule has 0 fully saturated rings. The Bertz CT molecular complexity index is 233. The van der Waals surface area contributed by atoms with Crippen molar-refractivity contribution in [2.75, 3.05) is 19.7 Å². The van der Waals surface area contributed by atoms with E-state index in [0.29, 0.717) is 13.1 Å². The Labute approximate surface area is 95.2 Å². The average molecular weight is 232 g/mol. The van der Waals surface area contributed by atoms with Crippen molar-refractivity contribution in [2.24, 2.45) is 0 Å². The number of amides is 2. The number of carbonyl (C=O) groups is 2. The van der Waals surface area contributed by atoms with Crippen LogP contribution >= 0.6 is 0 Å². The van der Waals surface area contributed by atoms with E-state index in [1.807, 2.05) is 13.8 Å². The number of carboxylic acid groups (broad SMARTS) is 1. The molecule has 0 saturated carbocycles. The van der Waals surface area contributed by atoms with E-state index in [0.717, 1.165) is 12.8 Å². The molecule has 0 aliphatic heterocycles. The van der Waals surface area contributed by atoms with Crippen LogP contribution in [0, 0.1) is 0 Å². The molecule has 16 heavy (non-hydrogen) atoms. The predicted molar refractivity (Wildman–Crippen MR) is 59.2 cm³/mol. The van der Waals surface area contributed by atoms with Crippen LogP contribution in [-0.4, -0.2) is 52.9 Å². The lowest BCUT2D eigenvalue weighted by Crippen LogP contribution is -2.49. The summed E-state index contributed by atoms with van der Waals surface area (Å²) < 4.78 is 0. The van der Waals surface area contributed by atoms with Crippen molar-refractivity contribution in [1.82, 2.24) is 10.2 Å². The highest BCUT2D eigenvalue weighted by Crippen LogP contribution is 1.96. The number of aliphatic hydroxyl groups excluding tert-OH is 1. The number of nitrogens with one attached hydrogen (secondary N) is 1. The summed E-state index contributed by atoms with van der Waals surface area (Å²) in [6.45, 7) is 4.34. The molecule has 3 N–H and O–H groups in total. The average Bonchev–Trinajstić information content (AvgIpc) is 2.26. The Kier molecular flexibility index (Phi) is 7.28. The molecular weight excluding hydrogens is 212 g/mol. The van der Waals surface area contributed by atoms with Crippen LogP contribution in [0.1, 0.15) is 26.7 Å². The summed E-state index contributed by atoms with van der Waals surface area (Å²) in [5.41, 5.74) is 0. The van der Waals surface area contributed by atoms with Gasteiger partial charge in [0.05, 0.1) is 6.61 Å². The van der Waals surface area contributed by atoms with Gasteiger partial charge in [0.2, 0.25) is 0 Å². The van der Waals surface area contributed by atoms with E-state index in [-0.39, 0.29) is 0 Å². The third-order valence-corrected chi connectivity index (χ3v) is 2.23. The maximum Gasteiger partial charge on any atom is 0.328 e.